The highest BCUT2D eigenvalue weighted by Gasteiger charge is 2.39. The van der Waals surface area contributed by atoms with Crippen LogP contribution in [0.2, 0.25) is 0 Å². The molecular formula is C28H26N2O4. The van der Waals surface area contributed by atoms with Crippen molar-refractivity contribution >= 4 is 22.4 Å². The van der Waals surface area contributed by atoms with E-state index < -0.39 is 11.6 Å². The summed E-state index contributed by atoms with van der Waals surface area (Å²) in [5.74, 6) is 5.71. The first-order chi connectivity index (χ1) is 16.3. The van der Waals surface area contributed by atoms with Crippen LogP contribution < -0.4 is 5.56 Å². The molecule has 2 heterocycles. The first-order valence-corrected chi connectivity index (χ1v) is 11.4. The molecule has 1 aromatic carbocycles. The van der Waals surface area contributed by atoms with E-state index in [-0.39, 0.29) is 18.1 Å². The van der Waals surface area contributed by atoms with Gasteiger partial charge in [0.2, 0.25) is 0 Å². The standard InChI is InChI=1S/C28H26N2O4/c1-17-14-22-24(19(15-30(3)26(22)31)11-12-28(2,33)21-9-10-21)23(17)27(32)34-16-20-7-4-6-18-8-5-13-29-25(18)20/h4-8,13,15,21,33H,9-10,14,16H2,1-3H3. The Hall–Kier alpha value is -3.69. The van der Waals surface area contributed by atoms with E-state index in [0.29, 0.717) is 28.7 Å². The summed E-state index contributed by atoms with van der Waals surface area (Å²) in [5.41, 5.74) is 3.13. The fourth-order valence-corrected chi connectivity index (χ4v) is 4.63. The summed E-state index contributed by atoms with van der Waals surface area (Å²) >= 11 is 0. The topological polar surface area (TPSA) is 81.4 Å². The lowest BCUT2D eigenvalue weighted by Crippen LogP contribution is -2.25. The van der Waals surface area contributed by atoms with Gasteiger partial charge in [-0.15, -0.1) is 0 Å². The van der Waals surface area contributed by atoms with E-state index in [4.69, 9.17) is 4.74 Å². The van der Waals surface area contributed by atoms with E-state index in [9.17, 15) is 14.7 Å². The fraction of sp³-hybridized carbons (Fsp3) is 0.321. The monoisotopic (exact) mass is 454 g/mol. The summed E-state index contributed by atoms with van der Waals surface area (Å²) < 4.78 is 7.21. The van der Waals surface area contributed by atoms with Gasteiger partial charge >= 0.3 is 5.97 Å². The van der Waals surface area contributed by atoms with Crippen LogP contribution in [0, 0.1) is 17.8 Å². The number of para-hydroxylation sites is 1. The molecule has 172 valence electrons. The van der Waals surface area contributed by atoms with Gasteiger partial charge in [-0.2, -0.15) is 0 Å². The van der Waals surface area contributed by atoms with Gasteiger partial charge in [-0.05, 0) is 38.7 Å². The Morgan fingerprint density at radius 2 is 2.06 bits per heavy atom. The molecule has 3 aromatic rings. The Kier molecular flexibility index (Phi) is 5.38. The molecule has 0 spiro atoms. The smallest absolute Gasteiger partial charge is 0.339 e. The minimum atomic E-state index is -1.10. The number of ether oxygens (including phenoxy) is 1. The fourth-order valence-electron chi connectivity index (χ4n) is 4.63. The summed E-state index contributed by atoms with van der Waals surface area (Å²) in [6, 6.07) is 9.59. The van der Waals surface area contributed by atoms with Crippen molar-refractivity contribution in [2.24, 2.45) is 13.0 Å². The van der Waals surface area contributed by atoms with Crippen molar-refractivity contribution in [3.63, 3.8) is 0 Å². The molecule has 2 aliphatic rings. The molecule has 0 saturated heterocycles. The number of rotatable bonds is 4. The minimum Gasteiger partial charge on any atom is -0.457 e. The van der Waals surface area contributed by atoms with Crippen LogP contribution in [-0.2, 0) is 29.6 Å². The molecule has 6 nitrogen and oxygen atoms in total. The van der Waals surface area contributed by atoms with E-state index in [0.717, 1.165) is 34.9 Å². The summed E-state index contributed by atoms with van der Waals surface area (Å²) in [5, 5.41) is 11.6. The average molecular weight is 455 g/mol. The third kappa shape index (κ3) is 3.93. The van der Waals surface area contributed by atoms with Crippen LogP contribution in [0.15, 0.2) is 53.1 Å². The van der Waals surface area contributed by atoms with Crippen LogP contribution in [-0.4, -0.2) is 26.2 Å². The maximum absolute atomic E-state index is 13.3. The molecule has 34 heavy (non-hydrogen) atoms. The van der Waals surface area contributed by atoms with Gasteiger partial charge < -0.3 is 14.4 Å². The molecule has 1 saturated carbocycles. The van der Waals surface area contributed by atoms with Gasteiger partial charge in [-0.1, -0.05) is 41.7 Å². The summed E-state index contributed by atoms with van der Waals surface area (Å²) in [7, 11) is 1.67. The van der Waals surface area contributed by atoms with Gasteiger partial charge in [-0.3, -0.25) is 9.78 Å². The number of aromatic nitrogens is 2. The molecule has 6 heteroatoms. The largest absolute Gasteiger partial charge is 0.457 e. The van der Waals surface area contributed by atoms with Gasteiger partial charge in [0.25, 0.3) is 5.56 Å². The van der Waals surface area contributed by atoms with Crippen molar-refractivity contribution in [2.45, 2.75) is 45.3 Å². The first kappa shape index (κ1) is 22.1. The van der Waals surface area contributed by atoms with Crippen LogP contribution in [0.5, 0.6) is 0 Å². The van der Waals surface area contributed by atoms with Gasteiger partial charge in [0.15, 0.2) is 0 Å². The third-order valence-corrected chi connectivity index (χ3v) is 6.69. The van der Waals surface area contributed by atoms with E-state index in [1.54, 1.807) is 26.4 Å². The van der Waals surface area contributed by atoms with Crippen LogP contribution in [0.1, 0.15) is 48.9 Å². The molecule has 0 aliphatic heterocycles. The van der Waals surface area contributed by atoms with Crippen molar-refractivity contribution < 1.29 is 14.6 Å². The predicted octanol–water partition coefficient (Wildman–Crippen LogP) is 3.52. The lowest BCUT2D eigenvalue weighted by molar-refractivity contribution is -0.137. The summed E-state index contributed by atoms with van der Waals surface area (Å²) in [4.78, 5) is 30.6. The number of fused-ring (bicyclic) bond motifs is 2. The molecular weight excluding hydrogens is 428 g/mol. The Morgan fingerprint density at radius 1 is 1.29 bits per heavy atom. The van der Waals surface area contributed by atoms with Crippen LogP contribution in [0.25, 0.3) is 16.5 Å². The van der Waals surface area contributed by atoms with Gasteiger partial charge in [-0.25, -0.2) is 4.79 Å². The van der Waals surface area contributed by atoms with E-state index >= 15 is 0 Å². The van der Waals surface area contributed by atoms with Crippen molar-refractivity contribution in [3.8, 4) is 11.8 Å². The highest BCUT2D eigenvalue weighted by molar-refractivity contribution is 6.20. The second kappa shape index (κ2) is 8.27. The number of carbonyl (C=O) groups excluding carboxylic acids is 1. The van der Waals surface area contributed by atoms with Crippen LogP contribution in [0.3, 0.4) is 0 Å². The highest BCUT2D eigenvalue weighted by Crippen LogP contribution is 2.39. The van der Waals surface area contributed by atoms with Crippen molar-refractivity contribution in [1.82, 2.24) is 9.55 Å². The Morgan fingerprint density at radius 3 is 2.82 bits per heavy atom. The van der Waals surface area contributed by atoms with Crippen molar-refractivity contribution in [2.75, 3.05) is 0 Å². The number of pyridine rings is 2. The number of carbonyl (C=O) groups is 1. The molecule has 0 amide bonds. The van der Waals surface area contributed by atoms with Crippen LogP contribution in [0.4, 0.5) is 0 Å². The first-order valence-electron chi connectivity index (χ1n) is 11.4. The zero-order chi connectivity index (χ0) is 24.0. The molecule has 1 N–H and O–H groups in total. The van der Waals surface area contributed by atoms with Crippen molar-refractivity contribution in [3.05, 3.63) is 80.9 Å². The predicted molar refractivity (Wildman–Crippen MR) is 130 cm³/mol. The molecule has 0 radical (unpaired) electrons. The number of aryl methyl sites for hydroxylation is 1. The molecule has 1 fully saturated rings. The van der Waals surface area contributed by atoms with Crippen molar-refractivity contribution in [1.29, 1.82) is 0 Å². The van der Waals surface area contributed by atoms with E-state index in [1.165, 1.54) is 4.57 Å². The highest BCUT2D eigenvalue weighted by atomic mass is 16.5. The third-order valence-electron chi connectivity index (χ3n) is 6.69. The second-order valence-electron chi connectivity index (χ2n) is 9.38. The minimum absolute atomic E-state index is 0.0710. The Balaban J connectivity index is 1.49. The molecule has 2 aromatic heterocycles. The summed E-state index contributed by atoms with van der Waals surface area (Å²) in [6.07, 6.45) is 5.62. The zero-order valence-corrected chi connectivity index (χ0v) is 19.5. The molecule has 0 bridgehead atoms. The number of nitrogens with zero attached hydrogens (tertiary/aromatic N) is 2. The second-order valence-corrected chi connectivity index (χ2v) is 9.38. The van der Waals surface area contributed by atoms with E-state index in [2.05, 4.69) is 16.8 Å². The van der Waals surface area contributed by atoms with Gasteiger partial charge in [0.1, 0.15) is 12.2 Å². The van der Waals surface area contributed by atoms with Crippen LogP contribution >= 0.6 is 0 Å². The Bertz CT molecular complexity index is 1470. The Labute approximate surface area is 197 Å². The lowest BCUT2D eigenvalue weighted by Gasteiger charge is -2.15. The zero-order valence-electron chi connectivity index (χ0n) is 19.5. The number of aliphatic hydroxyl groups is 1. The molecule has 1 atom stereocenters. The van der Waals surface area contributed by atoms with Gasteiger partial charge in [0, 0.05) is 53.5 Å². The molecule has 1 unspecified atom stereocenters. The van der Waals surface area contributed by atoms with E-state index in [1.807, 2.05) is 37.3 Å². The number of esters is 1. The normalized spacial score (nSPS) is 16.6. The maximum Gasteiger partial charge on any atom is 0.339 e. The molecule has 2 aliphatic carbocycles. The summed E-state index contributed by atoms with van der Waals surface area (Å²) in [6.45, 7) is 3.63. The van der Waals surface area contributed by atoms with Gasteiger partial charge in [0.05, 0.1) is 11.1 Å². The molecule has 5 rings (SSSR count). The number of allylic oxidation sites excluding steroid dienone is 1. The number of hydrogen-bond donors (Lipinski definition) is 1. The number of hydrogen-bond acceptors (Lipinski definition) is 5. The maximum atomic E-state index is 13.3. The lowest BCUT2D eigenvalue weighted by atomic mass is 9.98. The quantitative estimate of drug-likeness (QED) is 0.482. The number of benzene rings is 1. The average Bonchev–Trinajstić information content (AvgIpc) is 3.62. The SMILES string of the molecule is CC1=C(C(=O)OCc2cccc3cccnc23)c2c(C#CC(C)(O)C3CC3)cn(C)c(=O)c2C1.